The van der Waals surface area contributed by atoms with E-state index < -0.39 is 5.82 Å². The summed E-state index contributed by atoms with van der Waals surface area (Å²) in [6, 6.07) is 4.26. The minimum Gasteiger partial charge on any atom is -0.374 e. The van der Waals surface area contributed by atoms with Gasteiger partial charge >= 0.3 is 0 Å². The van der Waals surface area contributed by atoms with Gasteiger partial charge in [0, 0.05) is 19.6 Å². The number of amides is 1. The zero-order chi connectivity index (χ0) is 19.6. The van der Waals surface area contributed by atoms with Gasteiger partial charge in [0.1, 0.15) is 5.82 Å². The first-order valence-corrected chi connectivity index (χ1v) is 9.18. The second-order valence-electron chi connectivity index (χ2n) is 6.87. The van der Waals surface area contributed by atoms with Gasteiger partial charge in [-0.25, -0.2) is 9.07 Å². The van der Waals surface area contributed by atoms with Crippen LogP contribution < -0.4 is 0 Å². The van der Waals surface area contributed by atoms with Gasteiger partial charge in [0.2, 0.25) is 0 Å². The van der Waals surface area contributed by atoms with Crippen molar-refractivity contribution in [3.8, 4) is 5.69 Å². The van der Waals surface area contributed by atoms with Crippen LogP contribution in [0, 0.1) is 12.7 Å². The van der Waals surface area contributed by atoms with Crippen LogP contribution in [0.5, 0.6) is 0 Å². The fourth-order valence-electron chi connectivity index (χ4n) is 3.02. The Morgan fingerprint density at radius 3 is 2.93 bits per heavy atom. The molecule has 146 valence electrons. The van der Waals surface area contributed by atoms with Crippen LogP contribution in [0.2, 0.25) is 5.02 Å². The van der Waals surface area contributed by atoms with E-state index in [0.717, 1.165) is 13.0 Å². The fraction of sp³-hybridized carbons (Fsp3) is 0.500. The number of nitrogens with zero attached hydrogens (tertiary/aromatic N) is 5. The molecule has 1 aliphatic rings. The standard InChI is InChI=1S/C18H23ClFN5O2/c1-12-17(21-22-25(12)13-4-5-16(20)15(19)10-13)18(26)24-8-9-27-14(11-24)6-7-23(2)3/h4-5,10,14H,6-9,11H2,1-3H3. The van der Waals surface area contributed by atoms with Crippen LogP contribution >= 0.6 is 11.6 Å². The smallest absolute Gasteiger partial charge is 0.276 e. The number of hydrogen-bond acceptors (Lipinski definition) is 5. The van der Waals surface area contributed by atoms with E-state index in [0.29, 0.717) is 31.1 Å². The number of ether oxygens (including phenoxy) is 1. The highest BCUT2D eigenvalue weighted by Crippen LogP contribution is 2.21. The molecule has 0 radical (unpaired) electrons. The molecule has 1 fully saturated rings. The van der Waals surface area contributed by atoms with Gasteiger partial charge in [0.05, 0.1) is 29.1 Å². The second kappa shape index (κ2) is 8.33. The number of morpholine rings is 1. The third kappa shape index (κ3) is 4.45. The van der Waals surface area contributed by atoms with Crippen molar-refractivity contribution in [2.45, 2.75) is 19.4 Å². The number of rotatable bonds is 5. The number of carbonyl (C=O) groups excluding carboxylic acids is 1. The minimum atomic E-state index is -0.508. The predicted molar refractivity (Wildman–Crippen MR) is 99.9 cm³/mol. The molecule has 3 rings (SSSR count). The largest absolute Gasteiger partial charge is 0.374 e. The van der Waals surface area contributed by atoms with Crippen molar-refractivity contribution in [3.63, 3.8) is 0 Å². The minimum absolute atomic E-state index is 0.00723. The van der Waals surface area contributed by atoms with Crippen LogP contribution in [0.25, 0.3) is 5.69 Å². The topological polar surface area (TPSA) is 63.5 Å². The lowest BCUT2D eigenvalue weighted by atomic mass is 10.2. The number of carbonyl (C=O) groups is 1. The van der Waals surface area contributed by atoms with Crippen molar-refractivity contribution in [2.75, 3.05) is 40.3 Å². The first-order chi connectivity index (χ1) is 12.9. The molecule has 1 aromatic carbocycles. The van der Waals surface area contributed by atoms with Crippen LogP contribution in [0.15, 0.2) is 18.2 Å². The number of halogens is 2. The molecule has 0 aliphatic carbocycles. The molecule has 7 nitrogen and oxygen atoms in total. The van der Waals surface area contributed by atoms with E-state index in [1.54, 1.807) is 17.9 Å². The van der Waals surface area contributed by atoms with Gasteiger partial charge in [-0.15, -0.1) is 5.10 Å². The summed E-state index contributed by atoms with van der Waals surface area (Å²) < 4.78 is 20.6. The van der Waals surface area contributed by atoms with Gasteiger partial charge < -0.3 is 14.5 Å². The zero-order valence-corrected chi connectivity index (χ0v) is 16.4. The molecule has 1 aliphatic heterocycles. The SMILES string of the molecule is Cc1c(C(=O)N2CCOC(CCN(C)C)C2)nnn1-c1ccc(F)c(Cl)c1. The molecule has 0 bridgehead atoms. The predicted octanol–water partition coefficient (Wildman–Crippen LogP) is 2.16. The molecule has 0 saturated carbocycles. The van der Waals surface area contributed by atoms with Crippen molar-refractivity contribution in [2.24, 2.45) is 0 Å². The Balaban J connectivity index is 1.75. The fourth-order valence-corrected chi connectivity index (χ4v) is 3.19. The lowest BCUT2D eigenvalue weighted by molar-refractivity contribution is -0.0271. The second-order valence-corrected chi connectivity index (χ2v) is 7.28. The van der Waals surface area contributed by atoms with E-state index in [-0.39, 0.29) is 22.7 Å². The van der Waals surface area contributed by atoms with Crippen molar-refractivity contribution in [1.29, 1.82) is 0 Å². The van der Waals surface area contributed by atoms with Crippen LogP contribution in [0.1, 0.15) is 22.6 Å². The van der Waals surface area contributed by atoms with E-state index in [1.165, 1.54) is 16.8 Å². The Hall–Kier alpha value is -2.03. The van der Waals surface area contributed by atoms with Gasteiger partial charge in [-0.1, -0.05) is 16.8 Å². The molecule has 1 aromatic heterocycles. The van der Waals surface area contributed by atoms with Gasteiger partial charge in [-0.05, 0) is 45.6 Å². The highest BCUT2D eigenvalue weighted by Gasteiger charge is 2.28. The van der Waals surface area contributed by atoms with Crippen LogP contribution in [0.3, 0.4) is 0 Å². The summed E-state index contributed by atoms with van der Waals surface area (Å²) in [6.45, 7) is 4.21. The van der Waals surface area contributed by atoms with Gasteiger partial charge in [0.25, 0.3) is 5.91 Å². The number of aromatic nitrogens is 3. The summed E-state index contributed by atoms with van der Waals surface area (Å²) in [6.07, 6.45) is 0.868. The van der Waals surface area contributed by atoms with E-state index in [2.05, 4.69) is 15.2 Å². The Kier molecular flexibility index (Phi) is 6.08. The molecule has 1 unspecified atom stereocenters. The summed E-state index contributed by atoms with van der Waals surface area (Å²) in [4.78, 5) is 16.8. The molecule has 27 heavy (non-hydrogen) atoms. The highest BCUT2D eigenvalue weighted by atomic mass is 35.5. The zero-order valence-electron chi connectivity index (χ0n) is 15.7. The van der Waals surface area contributed by atoms with E-state index in [1.807, 2.05) is 14.1 Å². The molecule has 2 aromatic rings. The van der Waals surface area contributed by atoms with Gasteiger partial charge in [-0.3, -0.25) is 4.79 Å². The summed E-state index contributed by atoms with van der Waals surface area (Å²) >= 11 is 5.85. The third-order valence-electron chi connectivity index (χ3n) is 4.57. The Morgan fingerprint density at radius 2 is 2.22 bits per heavy atom. The van der Waals surface area contributed by atoms with Crippen LogP contribution in [-0.4, -0.2) is 77.1 Å². The average molecular weight is 396 g/mol. The lowest BCUT2D eigenvalue weighted by Gasteiger charge is -2.33. The average Bonchev–Trinajstić information content (AvgIpc) is 3.03. The third-order valence-corrected chi connectivity index (χ3v) is 4.86. The monoisotopic (exact) mass is 395 g/mol. The quantitative estimate of drug-likeness (QED) is 0.776. The molecular formula is C18H23ClFN5O2. The van der Waals surface area contributed by atoms with Crippen molar-refractivity contribution in [1.82, 2.24) is 24.8 Å². The molecule has 1 amide bonds. The van der Waals surface area contributed by atoms with E-state index >= 15 is 0 Å². The molecule has 0 N–H and O–H groups in total. The van der Waals surface area contributed by atoms with Crippen molar-refractivity contribution < 1.29 is 13.9 Å². The van der Waals surface area contributed by atoms with E-state index in [9.17, 15) is 9.18 Å². The lowest BCUT2D eigenvalue weighted by Crippen LogP contribution is -2.46. The van der Waals surface area contributed by atoms with Gasteiger partial charge in [0.15, 0.2) is 5.69 Å². The summed E-state index contributed by atoms with van der Waals surface area (Å²) in [7, 11) is 4.02. The van der Waals surface area contributed by atoms with Crippen LogP contribution in [0.4, 0.5) is 4.39 Å². The maximum Gasteiger partial charge on any atom is 0.276 e. The molecule has 0 spiro atoms. The normalized spacial score (nSPS) is 17.6. The Labute approximate surface area is 162 Å². The molecule has 2 heterocycles. The molecule has 1 saturated heterocycles. The maximum atomic E-state index is 13.4. The Bertz CT molecular complexity index is 826. The summed E-state index contributed by atoms with van der Waals surface area (Å²) in [5.41, 5.74) is 1.42. The Morgan fingerprint density at radius 1 is 1.44 bits per heavy atom. The maximum absolute atomic E-state index is 13.4. The highest BCUT2D eigenvalue weighted by molar-refractivity contribution is 6.30. The van der Waals surface area contributed by atoms with Crippen LogP contribution in [-0.2, 0) is 4.74 Å². The summed E-state index contributed by atoms with van der Waals surface area (Å²) in [5, 5.41) is 8.10. The molecule has 1 atom stereocenters. The summed E-state index contributed by atoms with van der Waals surface area (Å²) in [5.74, 6) is -0.684. The number of benzene rings is 1. The molecule has 9 heteroatoms. The van der Waals surface area contributed by atoms with Crippen molar-refractivity contribution >= 4 is 17.5 Å². The van der Waals surface area contributed by atoms with E-state index in [4.69, 9.17) is 16.3 Å². The first-order valence-electron chi connectivity index (χ1n) is 8.80. The van der Waals surface area contributed by atoms with Gasteiger partial charge in [-0.2, -0.15) is 0 Å². The van der Waals surface area contributed by atoms with Crippen molar-refractivity contribution in [3.05, 3.63) is 40.4 Å². The molecular weight excluding hydrogens is 373 g/mol. The number of hydrogen-bond donors (Lipinski definition) is 0. The first kappa shape index (κ1) is 19.7.